The molecule has 0 radical (unpaired) electrons. The zero-order chi connectivity index (χ0) is 9.26. The molecule has 13 heavy (non-hydrogen) atoms. The van der Waals surface area contributed by atoms with Gasteiger partial charge >= 0.3 is 0 Å². The first kappa shape index (κ1) is 7.67. The monoisotopic (exact) mass is 176 g/mol. The number of pyridine rings is 1. The largest absolute Gasteiger partial charge is 0.428 e. The van der Waals surface area contributed by atoms with Crippen LogP contribution in [0.25, 0.3) is 10.9 Å². The fraction of sp³-hybridized carbons (Fsp3) is 0. The fourth-order valence-corrected chi connectivity index (χ4v) is 1.29. The van der Waals surface area contributed by atoms with E-state index in [9.17, 15) is 5.21 Å². The van der Waals surface area contributed by atoms with Crippen LogP contribution < -0.4 is 5.36 Å². The van der Waals surface area contributed by atoms with Crippen molar-refractivity contribution in [1.82, 2.24) is 4.73 Å². The second-order valence-electron chi connectivity index (χ2n) is 2.66. The van der Waals surface area contributed by atoms with Crippen molar-refractivity contribution < 1.29 is 10.4 Å². The lowest BCUT2D eigenvalue weighted by atomic mass is 10.2. The van der Waals surface area contributed by atoms with Crippen molar-refractivity contribution in [3.05, 3.63) is 41.9 Å². The van der Waals surface area contributed by atoms with Crippen LogP contribution in [0, 0.1) is 0 Å². The van der Waals surface area contributed by atoms with Crippen LogP contribution in [0.3, 0.4) is 0 Å². The van der Waals surface area contributed by atoms with Crippen molar-refractivity contribution in [2.24, 2.45) is 5.16 Å². The Morgan fingerprint density at radius 1 is 1.15 bits per heavy atom. The normalized spacial score (nSPS) is 12.2. The minimum absolute atomic E-state index is 0.445. The van der Waals surface area contributed by atoms with E-state index >= 15 is 0 Å². The van der Waals surface area contributed by atoms with Crippen molar-refractivity contribution in [2.45, 2.75) is 0 Å². The first-order valence-corrected chi connectivity index (χ1v) is 3.80. The average molecular weight is 176 g/mol. The highest BCUT2D eigenvalue weighted by atomic mass is 16.5. The van der Waals surface area contributed by atoms with Crippen LogP contribution in [0.1, 0.15) is 0 Å². The topological polar surface area (TPSA) is 57.8 Å². The second kappa shape index (κ2) is 2.82. The molecule has 0 aliphatic carbocycles. The molecule has 0 saturated heterocycles. The second-order valence-corrected chi connectivity index (χ2v) is 2.66. The molecule has 0 unspecified atom stereocenters. The van der Waals surface area contributed by atoms with E-state index < -0.39 is 0 Å². The number of para-hydroxylation sites is 1. The molecule has 1 heterocycles. The highest BCUT2D eigenvalue weighted by Gasteiger charge is 1.97. The number of nitrogens with zero attached hydrogens (tertiary/aromatic N) is 2. The van der Waals surface area contributed by atoms with Gasteiger partial charge in [-0.25, -0.2) is 0 Å². The number of fused-ring (bicyclic) bond motifs is 1. The van der Waals surface area contributed by atoms with Crippen molar-refractivity contribution >= 4 is 10.9 Å². The van der Waals surface area contributed by atoms with Crippen LogP contribution >= 0.6 is 0 Å². The van der Waals surface area contributed by atoms with Crippen molar-refractivity contribution in [3.8, 4) is 0 Å². The Labute approximate surface area is 73.9 Å². The number of hydrogen-bond acceptors (Lipinski definition) is 3. The lowest BCUT2D eigenvalue weighted by molar-refractivity contribution is 0.197. The summed E-state index contributed by atoms with van der Waals surface area (Å²) in [6.07, 6.45) is 1.43. The molecule has 0 aliphatic heterocycles. The standard InChI is InChI=1S/C9H8N2O2/c12-10-8-5-6-11(13)9-4-2-1-3-7(8)9/h1-6,12-13H/b10-8-. The highest BCUT2D eigenvalue weighted by Crippen LogP contribution is 2.06. The summed E-state index contributed by atoms with van der Waals surface area (Å²) >= 11 is 0. The van der Waals surface area contributed by atoms with Crippen LogP contribution in [0.5, 0.6) is 0 Å². The fourth-order valence-electron chi connectivity index (χ4n) is 1.29. The van der Waals surface area contributed by atoms with Crippen LogP contribution in [0.4, 0.5) is 0 Å². The number of hydrogen-bond donors (Lipinski definition) is 2. The SMILES string of the molecule is O/N=c1/ccn(O)c2ccccc12. The van der Waals surface area contributed by atoms with E-state index in [1.54, 1.807) is 18.2 Å². The maximum Gasteiger partial charge on any atom is 0.113 e. The molecule has 0 atom stereocenters. The summed E-state index contributed by atoms with van der Waals surface area (Å²) in [6.45, 7) is 0. The highest BCUT2D eigenvalue weighted by molar-refractivity contribution is 5.77. The average Bonchev–Trinajstić information content (AvgIpc) is 2.19. The van der Waals surface area contributed by atoms with Gasteiger partial charge in [0.25, 0.3) is 0 Å². The number of aromatic nitrogens is 1. The molecular weight excluding hydrogens is 168 g/mol. The van der Waals surface area contributed by atoms with E-state index in [4.69, 9.17) is 5.21 Å². The smallest absolute Gasteiger partial charge is 0.113 e. The van der Waals surface area contributed by atoms with Gasteiger partial charge in [0.1, 0.15) is 5.36 Å². The molecular formula is C9H8N2O2. The molecule has 66 valence electrons. The summed E-state index contributed by atoms with van der Waals surface area (Å²) < 4.78 is 0.990. The van der Waals surface area contributed by atoms with Gasteiger partial charge in [-0.15, -0.1) is 0 Å². The Morgan fingerprint density at radius 3 is 2.69 bits per heavy atom. The van der Waals surface area contributed by atoms with E-state index in [-0.39, 0.29) is 0 Å². The zero-order valence-corrected chi connectivity index (χ0v) is 6.75. The number of rotatable bonds is 0. The lowest BCUT2D eigenvalue weighted by Gasteiger charge is -2.02. The Bertz CT molecular complexity index is 502. The summed E-state index contributed by atoms with van der Waals surface area (Å²) in [7, 11) is 0. The lowest BCUT2D eigenvalue weighted by Crippen LogP contribution is -2.07. The predicted molar refractivity (Wildman–Crippen MR) is 46.5 cm³/mol. The quantitative estimate of drug-likeness (QED) is 0.359. The van der Waals surface area contributed by atoms with Gasteiger partial charge in [0.15, 0.2) is 0 Å². The molecule has 4 nitrogen and oxygen atoms in total. The number of benzene rings is 1. The summed E-state index contributed by atoms with van der Waals surface area (Å²) in [5.74, 6) is 0. The van der Waals surface area contributed by atoms with E-state index in [2.05, 4.69) is 5.16 Å². The van der Waals surface area contributed by atoms with Crippen molar-refractivity contribution in [1.29, 1.82) is 0 Å². The summed E-state index contributed by atoms with van der Waals surface area (Å²) in [6, 6.07) is 8.66. The van der Waals surface area contributed by atoms with Gasteiger partial charge in [-0.3, -0.25) is 0 Å². The third-order valence-electron chi connectivity index (χ3n) is 1.91. The summed E-state index contributed by atoms with van der Waals surface area (Å²) in [5.41, 5.74) is 0.609. The Morgan fingerprint density at radius 2 is 1.92 bits per heavy atom. The molecule has 0 spiro atoms. The summed E-state index contributed by atoms with van der Waals surface area (Å²) in [5, 5.41) is 22.3. The molecule has 0 saturated carbocycles. The molecule has 4 heteroatoms. The maximum absolute atomic E-state index is 9.38. The van der Waals surface area contributed by atoms with Crippen LogP contribution in [-0.2, 0) is 0 Å². The molecule has 0 amide bonds. The molecule has 1 aromatic heterocycles. The van der Waals surface area contributed by atoms with Gasteiger partial charge in [-0.1, -0.05) is 23.4 Å². The van der Waals surface area contributed by atoms with Crippen molar-refractivity contribution in [2.75, 3.05) is 0 Å². The first-order valence-electron chi connectivity index (χ1n) is 3.80. The molecule has 1 aromatic carbocycles. The molecule has 2 N–H and O–H groups in total. The Kier molecular flexibility index (Phi) is 1.66. The van der Waals surface area contributed by atoms with Gasteiger partial charge in [0.05, 0.1) is 5.52 Å². The van der Waals surface area contributed by atoms with Crippen LogP contribution in [0.15, 0.2) is 41.7 Å². The van der Waals surface area contributed by atoms with Crippen LogP contribution in [0.2, 0.25) is 0 Å². The molecule has 2 aromatic rings. The Hall–Kier alpha value is -1.97. The minimum Gasteiger partial charge on any atom is -0.428 e. The third kappa shape index (κ3) is 1.12. The predicted octanol–water partition coefficient (Wildman–Crippen LogP) is 1.17. The maximum atomic E-state index is 9.38. The van der Waals surface area contributed by atoms with Gasteiger partial charge in [0, 0.05) is 11.6 Å². The van der Waals surface area contributed by atoms with Gasteiger partial charge < -0.3 is 10.4 Å². The third-order valence-corrected chi connectivity index (χ3v) is 1.91. The minimum atomic E-state index is 0.445. The van der Waals surface area contributed by atoms with E-state index in [1.807, 2.05) is 6.07 Å². The Balaban J connectivity index is 3.02. The van der Waals surface area contributed by atoms with E-state index in [1.165, 1.54) is 12.3 Å². The van der Waals surface area contributed by atoms with Gasteiger partial charge in [0.2, 0.25) is 0 Å². The van der Waals surface area contributed by atoms with Gasteiger partial charge in [-0.2, -0.15) is 4.73 Å². The van der Waals surface area contributed by atoms with Crippen LogP contribution in [-0.4, -0.2) is 15.1 Å². The van der Waals surface area contributed by atoms with E-state index in [0.29, 0.717) is 16.3 Å². The van der Waals surface area contributed by atoms with Crippen molar-refractivity contribution in [3.63, 3.8) is 0 Å². The first-order chi connectivity index (χ1) is 6.33. The molecule has 2 rings (SSSR count). The van der Waals surface area contributed by atoms with Gasteiger partial charge in [-0.05, 0) is 12.1 Å². The summed E-state index contributed by atoms with van der Waals surface area (Å²) in [4.78, 5) is 0. The van der Waals surface area contributed by atoms with E-state index in [0.717, 1.165) is 4.73 Å². The molecule has 0 fully saturated rings. The molecule has 0 aliphatic rings. The zero-order valence-electron chi connectivity index (χ0n) is 6.75. The molecule has 0 bridgehead atoms.